The molecule has 1 aromatic rings. The van der Waals surface area contributed by atoms with Crippen LogP contribution < -0.4 is 0 Å². The van der Waals surface area contributed by atoms with Gasteiger partial charge in [-0.25, -0.2) is 0 Å². The summed E-state index contributed by atoms with van der Waals surface area (Å²) in [5.74, 6) is 0.831. The minimum absolute atomic E-state index is 0.831. The Morgan fingerprint density at radius 1 is 1.12 bits per heavy atom. The molecule has 0 heterocycles. The lowest BCUT2D eigenvalue weighted by molar-refractivity contribution is 0.0874. The van der Waals surface area contributed by atoms with Crippen molar-refractivity contribution < 1.29 is 4.74 Å². The molecular weight excluding hydrogens is 196 g/mol. The fraction of sp³-hybridized carbons (Fsp3) is 0.600. The van der Waals surface area contributed by atoms with Crippen LogP contribution in [0.5, 0.6) is 0 Å². The highest BCUT2D eigenvalue weighted by atomic mass is 16.5. The van der Waals surface area contributed by atoms with E-state index in [2.05, 4.69) is 18.2 Å². The highest BCUT2D eigenvalue weighted by Gasteiger charge is 2.12. The van der Waals surface area contributed by atoms with E-state index >= 15 is 0 Å². The van der Waals surface area contributed by atoms with E-state index in [-0.39, 0.29) is 0 Å². The standard InChI is InChI=1S/C15H21O/c1-3-7-14(8-4-1)11-12-16-13-15-9-5-2-6-10-15/h3-4,7-8,15H,2,5-6,9-13H2. The molecule has 0 aromatic heterocycles. The smallest absolute Gasteiger partial charge is 0.0506 e. The molecule has 0 bridgehead atoms. The van der Waals surface area contributed by atoms with E-state index in [0.29, 0.717) is 0 Å². The fourth-order valence-electron chi connectivity index (χ4n) is 2.38. The van der Waals surface area contributed by atoms with Crippen LogP contribution in [0.25, 0.3) is 0 Å². The molecule has 2 rings (SSSR count). The summed E-state index contributed by atoms with van der Waals surface area (Å²) in [5.41, 5.74) is 1.35. The van der Waals surface area contributed by atoms with E-state index in [1.807, 2.05) is 12.1 Å². The normalized spacial score (nSPS) is 17.5. The molecule has 1 aliphatic carbocycles. The molecule has 1 fully saturated rings. The van der Waals surface area contributed by atoms with Crippen LogP contribution in [0.1, 0.15) is 37.7 Å². The maximum Gasteiger partial charge on any atom is 0.0506 e. The molecule has 1 radical (unpaired) electrons. The molecule has 0 amide bonds. The van der Waals surface area contributed by atoms with Gasteiger partial charge in [0.2, 0.25) is 0 Å². The number of hydrogen-bond acceptors (Lipinski definition) is 1. The first-order chi connectivity index (χ1) is 7.95. The quantitative estimate of drug-likeness (QED) is 0.684. The van der Waals surface area contributed by atoms with Crippen molar-refractivity contribution in [3.05, 3.63) is 35.9 Å². The van der Waals surface area contributed by atoms with Crippen molar-refractivity contribution in [1.29, 1.82) is 0 Å². The molecule has 1 nitrogen and oxygen atoms in total. The molecule has 1 aromatic carbocycles. The lowest BCUT2D eigenvalue weighted by Crippen LogP contribution is -2.14. The molecule has 0 N–H and O–H groups in total. The van der Waals surface area contributed by atoms with Crippen LogP contribution in [0.2, 0.25) is 0 Å². The molecule has 0 saturated heterocycles. The largest absolute Gasteiger partial charge is 0.381 e. The van der Waals surface area contributed by atoms with Crippen molar-refractivity contribution in [2.75, 3.05) is 13.2 Å². The van der Waals surface area contributed by atoms with Crippen LogP contribution >= 0.6 is 0 Å². The van der Waals surface area contributed by atoms with Gasteiger partial charge in [-0.15, -0.1) is 0 Å². The first-order valence-electron chi connectivity index (χ1n) is 6.48. The zero-order valence-electron chi connectivity index (χ0n) is 9.95. The summed E-state index contributed by atoms with van der Waals surface area (Å²) < 4.78 is 5.77. The Bertz CT molecular complexity index is 275. The van der Waals surface area contributed by atoms with Gasteiger partial charge in [0.1, 0.15) is 0 Å². The van der Waals surface area contributed by atoms with E-state index in [1.54, 1.807) is 0 Å². The third-order valence-corrected chi connectivity index (χ3v) is 3.40. The van der Waals surface area contributed by atoms with E-state index in [4.69, 9.17) is 4.74 Å². The van der Waals surface area contributed by atoms with Crippen molar-refractivity contribution in [3.8, 4) is 0 Å². The van der Waals surface area contributed by atoms with Gasteiger partial charge in [-0.3, -0.25) is 0 Å². The Morgan fingerprint density at radius 2 is 1.88 bits per heavy atom. The second kappa shape index (κ2) is 6.70. The maximum atomic E-state index is 5.77. The highest BCUT2D eigenvalue weighted by molar-refractivity contribution is 5.13. The second-order valence-electron chi connectivity index (χ2n) is 4.74. The van der Waals surface area contributed by atoms with Crippen LogP contribution in [0.3, 0.4) is 0 Å². The summed E-state index contributed by atoms with van der Waals surface area (Å²) in [4.78, 5) is 0. The van der Waals surface area contributed by atoms with E-state index in [0.717, 1.165) is 25.6 Å². The van der Waals surface area contributed by atoms with Crippen molar-refractivity contribution in [2.24, 2.45) is 5.92 Å². The van der Waals surface area contributed by atoms with Gasteiger partial charge < -0.3 is 4.74 Å². The fourth-order valence-corrected chi connectivity index (χ4v) is 2.38. The molecule has 16 heavy (non-hydrogen) atoms. The summed E-state index contributed by atoms with van der Waals surface area (Å²) in [6.45, 7) is 1.83. The minimum Gasteiger partial charge on any atom is -0.381 e. The van der Waals surface area contributed by atoms with Crippen LogP contribution in [0, 0.1) is 12.0 Å². The average Bonchev–Trinajstić information content (AvgIpc) is 2.37. The lowest BCUT2D eigenvalue weighted by atomic mass is 9.90. The number of rotatable bonds is 5. The zero-order valence-corrected chi connectivity index (χ0v) is 9.95. The lowest BCUT2D eigenvalue weighted by Gasteiger charge is -2.21. The van der Waals surface area contributed by atoms with Crippen molar-refractivity contribution in [1.82, 2.24) is 0 Å². The molecule has 1 saturated carbocycles. The van der Waals surface area contributed by atoms with Gasteiger partial charge in [-0.05, 0) is 36.8 Å². The SMILES string of the molecule is [c]1ccc(CCOCC2CCCCC2)cc1. The number of hydrogen-bond donors (Lipinski definition) is 0. The average molecular weight is 217 g/mol. The van der Waals surface area contributed by atoms with Crippen LogP contribution in [0.4, 0.5) is 0 Å². The zero-order chi connectivity index (χ0) is 11.1. The molecular formula is C15H21O. The highest BCUT2D eigenvalue weighted by Crippen LogP contribution is 2.23. The van der Waals surface area contributed by atoms with E-state index < -0.39 is 0 Å². The van der Waals surface area contributed by atoms with Crippen molar-refractivity contribution in [3.63, 3.8) is 0 Å². The number of benzene rings is 1. The molecule has 0 aliphatic heterocycles. The molecule has 1 heteroatoms. The van der Waals surface area contributed by atoms with E-state index in [1.165, 1.54) is 37.7 Å². The van der Waals surface area contributed by atoms with Crippen LogP contribution in [0.15, 0.2) is 24.3 Å². The predicted octanol–water partition coefficient (Wildman–Crippen LogP) is 3.63. The minimum atomic E-state index is 0.831. The molecule has 87 valence electrons. The third-order valence-electron chi connectivity index (χ3n) is 3.40. The first kappa shape index (κ1) is 11.7. The Balaban J connectivity index is 1.58. The van der Waals surface area contributed by atoms with Crippen molar-refractivity contribution >= 4 is 0 Å². The Morgan fingerprint density at radius 3 is 2.62 bits per heavy atom. The Hall–Kier alpha value is -0.820. The van der Waals surface area contributed by atoms with Gasteiger partial charge >= 0.3 is 0 Å². The molecule has 0 unspecified atom stereocenters. The number of ether oxygens (including phenoxy) is 1. The van der Waals surface area contributed by atoms with Gasteiger partial charge in [0, 0.05) is 6.61 Å². The third kappa shape index (κ3) is 3.97. The van der Waals surface area contributed by atoms with Crippen LogP contribution in [-0.2, 0) is 11.2 Å². The van der Waals surface area contributed by atoms with Gasteiger partial charge in [0.15, 0.2) is 0 Å². The van der Waals surface area contributed by atoms with Gasteiger partial charge in [-0.1, -0.05) is 43.5 Å². The summed E-state index contributed by atoms with van der Waals surface area (Å²) in [7, 11) is 0. The second-order valence-corrected chi connectivity index (χ2v) is 4.74. The predicted molar refractivity (Wildman–Crippen MR) is 66.4 cm³/mol. The summed E-state index contributed by atoms with van der Waals surface area (Å²) in [6, 6.07) is 11.2. The molecule has 0 spiro atoms. The summed E-state index contributed by atoms with van der Waals surface area (Å²) >= 11 is 0. The maximum absolute atomic E-state index is 5.77. The Labute approximate surface area is 98.8 Å². The van der Waals surface area contributed by atoms with Gasteiger partial charge in [-0.2, -0.15) is 0 Å². The summed E-state index contributed by atoms with van der Waals surface area (Å²) in [5, 5.41) is 0. The Kier molecular flexibility index (Phi) is 4.88. The van der Waals surface area contributed by atoms with Crippen molar-refractivity contribution in [2.45, 2.75) is 38.5 Å². The summed E-state index contributed by atoms with van der Waals surface area (Å²) in [6.07, 6.45) is 8.02. The van der Waals surface area contributed by atoms with Gasteiger partial charge in [0.05, 0.1) is 6.61 Å². The molecule has 1 aliphatic rings. The monoisotopic (exact) mass is 217 g/mol. The van der Waals surface area contributed by atoms with Crippen LogP contribution in [-0.4, -0.2) is 13.2 Å². The van der Waals surface area contributed by atoms with Gasteiger partial charge in [0.25, 0.3) is 0 Å². The molecule has 0 atom stereocenters. The first-order valence-corrected chi connectivity index (χ1v) is 6.48. The van der Waals surface area contributed by atoms with E-state index in [9.17, 15) is 0 Å². The topological polar surface area (TPSA) is 9.23 Å².